The topological polar surface area (TPSA) is 58.6 Å². The number of benzene rings is 1. The SMILES string of the molecule is CCC1SCC(C(=O)NCCOC)N1C(=O)c1ccccc1C. The van der Waals surface area contributed by atoms with Crippen molar-refractivity contribution in [1.29, 1.82) is 0 Å². The summed E-state index contributed by atoms with van der Waals surface area (Å²) >= 11 is 1.67. The summed E-state index contributed by atoms with van der Waals surface area (Å²) < 4.78 is 4.96. The van der Waals surface area contributed by atoms with Gasteiger partial charge in [0.15, 0.2) is 0 Å². The van der Waals surface area contributed by atoms with Gasteiger partial charge in [0.2, 0.25) is 5.91 Å². The summed E-state index contributed by atoms with van der Waals surface area (Å²) in [6.45, 7) is 4.89. The van der Waals surface area contributed by atoms with Gasteiger partial charge in [-0.25, -0.2) is 0 Å². The third-order valence-electron chi connectivity index (χ3n) is 3.96. The van der Waals surface area contributed by atoms with E-state index in [-0.39, 0.29) is 17.2 Å². The molecule has 1 aromatic carbocycles. The fourth-order valence-electron chi connectivity index (χ4n) is 2.70. The fourth-order valence-corrected chi connectivity index (χ4v) is 4.05. The van der Waals surface area contributed by atoms with Crippen molar-refractivity contribution in [1.82, 2.24) is 10.2 Å². The molecule has 1 heterocycles. The molecule has 23 heavy (non-hydrogen) atoms. The van der Waals surface area contributed by atoms with E-state index < -0.39 is 6.04 Å². The van der Waals surface area contributed by atoms with Gasteiger partial charge in [0.05, 0.1) is 12.0 Å². The Morgan fingerprint density at radius 3 is 2.78 bits per heavy atom. The first-order valence-corrected chi connectivity index (χ1v) is 8.91. The van der Waals surface area contributed by atoms with Crippen LogP contribution in [0.25, 0.3) is 0 Å². The normalized spacial score (nSPS) is 20.6. The number of rotatable bonds is 6. The van der Waals surface area contributed by atoms with Gasteiger partial charge in [-0.2, -0.15) is 0 Å². The number of aryl methyl sites for hydroxylation is 1. The van der Waals surface area contributed by atoms with E-state index in [0.717, 1.165) is 12.0 Å². The molecule has 2 rings (SSSR count). The maximum atomic E-state index is 13.0. The van der Waals surface area contributed by atoms with Crippen LogP contribution in [0.3, 0.4) is 0 Å². The lowest BCUT2D eigenvalue weighted by Gasteiger charge is -2.28. The van der Waals surface area contributed by atoms with Crippen LogP contribution in [-0.4, -0.2) is 54.1 Å². The van der Waals surface area contributed by atoms with Gasteiger partial charge in [0, 0.05) is 25.0 Å². The van der Waals surface area contributed by atoms with E-state index >= 15 is 0 Å². The quantitative estimate of drug-likeness (QED) is 0.808. The van der Waals surface area contributed by atoms with Gasteiger partial charge < -0.3 is 15.0 Å². The average Bonchev–Trinajstić information content (AvgIpc) is 2.99. The molecule has 1 aliphatic rings. The van der Waals surface area contributed by atoms with Crippen LogP contribution in [0.1, 0.15) is 29.3 Å². The molecule has 1 N–H and O–H groups in total. The molecule has 1 aromatic rings. The summed E-state index contributed by atoms with van der Waals surface area (Å²) in [6.07, 6.45) is 0.824. The highest BCUT2D eigenvalue weighted by molar-refractivity contribution is 8.00. The molecule has 0 aromatic heterocycles. The minimum Gasteiger partial charge on any atom is -0.383 e. The fraction of sp³-hybridized carbons (Fsp3) is 0.529. The van der Waals surface area contributed by atoms with E-state index in [1.54, 1.807) is 23.8 Å². The molecule has 1 fully saturated rings. The lowest BCUT2D eigenvalue weighted by molar-refractivity contribution is -0.125. The van der Waals surface area contributed by atoms with E-state index in [2.05, 4.69) is 5.32 Å². The summed E-state index contributed by atoms with van der Waals surface area (Å²) in [4.78, 5) is 27.2. The molecule has 2 atom stereocenters. The van der Waals surface area contributed by atoms with Crippen LogP contribution in [0, 0.1) is 6.92 Å². The smallest absolute Gasteiger partial charge is 0.255 e. The van der Waals surface area contributed by atoms with Gasteiger partial charge in [-0.1, -0.05) is 25.1 Å². The average molecular weight is 336 g/mol. The third kappa shape index (κ3) is 4.06. The van der Waals surface area contributed by atoms with Crippen molar-refractivity contribution in [2.45, 2.75) is 31.7 Å². The van der Waals surface area contributed by atoms with Crippen molar-refractivity contribution in [2.75, 3.05) is 26.0 Å². The zero-order chi connectivity index (χ0) is 16.8. The molecule has 2 unspecified atom stereocenters. The second kappa shape index (κ2) is 8.36. The standard InChI is InChI=1S/C17H24N2O3S/c1-4-15-19(17(21)13-8-6-5-7-12(13)2)14(11-23-15)16(20)18-9-10-22-3/h5-8,14-15H,4,9-11H2,1-3H3,(H,18,20). The van der Waals surface area contributed by atoms with E-state index in [1.807, 2.05) is 38.1 Å². The molecule has 1 saturated heterocycles. The summed E-state index contributed by atoms with van der Waals surface area (Å²) in [7, 11) is 1.60. The van der Waals surface area contributed by atoms with Crippen molar-refractivity contribution in [2.24, 2.45) is 0 Å². The lowest BCUT2D eigenvalue weighted by atomic mass is 10.1. The predicted octanol–water partition coefficient (Wildman–Crippen LogP) is 2.05. The molecule has 2 amide bonds. The van der Waals surface area contributed by atoms with Crippen molar-refractivity contribution in [3.63, 3.8) is 0 Å². The Kier molecular flexibility index (Phi) is 6.47. The van der Waals surface area contributed by atoms with Crippen molar-refractivity contribution in [3.05, 3.63) is 35.4 Å². The lowest BCUT2D eigenvalue weighted by Crippen LogP contribution is -2.50. The van der Waals surface area contributed by atoms with Gasteiger partial charge in [-0.3, -0.25) is 9.59 Å². The van der Waals surface area contributed by atoms with Gasteiger partial charge in [0.25, 0.3) is 5.91 Å². The number of amides is 2. The van der Waals surface area contributed by atoms with Crippen LogP contribution >= 0.6 is 11.8 Å². The highest BCUT2D eigenvalue weighted by atomic mass is 32.2. The Morgan fingerprint density at radius 2 is 2.13 bits per heavy atom. The zero-order valence-electron chi connectivity index (χ0n) is 13.9. The van der Waals surface area contributed by atoms with Gasteiger partial charge in [-0.05, 0) is 25.0 Å². The van der Waals surface area contributed by atoms with E-state index in [9.17, 15) is 9.59 Å². The molecule has 6 heteroatoms. The number of carbonyl (C=O) groups excluding carboxylic acids is 2. The third-order valence-corrected chi connectivity index (χ3v) is 5.41. The second-order valence-electron chi connectivity index (χ2n) is 5.52. The number of methoxy groups -OCH3 is 1. The van der Waals surface area contributed by atoms with Crippen LogP contribution < -0.4 is 5.32 Å². The van der Waals surface area contributed by atoms with Gasteiger partial charge in [0.1, 0.15) is 6.04 Å². The Bertz CT molecular complexity index is 565. The molecular weight excluding hydrogens is 312 g/mol. The molecule has 0 radical (unpaired) electrons. The highest BCUT2D eigenvalue weighted by Gasteiger charge is 2.41. The molecule has 1 aliphatic heterocycles. The number of nitrogens with zero attached hydrogens (tertiary/aromatic N) is 1. The second-order valence-corrected chi connectivity index (χ2v) is 6.73. The number of thioether (sulfide) groups is 1. The summed E-state index contributed by atoms with van der Waals surface area (Å²) in [5, 5.41) is 2.89. The summed E-state index contributed by atoms with van der Waals surface area (Å²) in [5.74, 6) is 0.467. The van der Waals surface area contributed by atoms with Gasteiger partial charge >= 0.3 is 0 Å². The maximum Gasteiger partial charge on any atom is 0.255 e. The summed E-state index contributed by atoms with van der Waals surface area (Å²) in [6, 6.07) is 7.10. The van der Waals surface area contributed by atoms with Crippen molar-refractivity contribution in [3.8, 4) is 0 Å². The van der Waals surface area contributed by atoms with Crippen LogP contribution in [0.2, 0.25) is 0 Å². The number of ether oxygens (including phenoxy) is 1. The molecule has 5 nitrogen and oxygen atoms in total. The van der Waals surface area contributed by atoms with E-state index in [1.165, 1.54) is 0 Å². The monoisotopic (exact) mass is 336 g/mol. The Hall–Kier alpha value is -1.53. The Morgan fingerprint density at radius 1 is 1.39 bits per heavy atom. The molecule has 0 aliphatic carbocycles. The molecule has 126 valence electrons. The number of carbonyl (C=O) groups is 2. The molecular formula is C17H24N2O3S. The summed E-state index contributed by atoms with van der Waals surface area (Å²) in [5.41, 5.74) is 1.60. The number of hydrogen-bond acceptors (Lipinski definition) is 4. The Balaban J connectivity index is 2.18. The zero-order valence-corrected chi connectivity index (χ0v) is 14.7. The van der Waals surface area contributed by atoms with Crippen molar-refractivity contribution >= 4 is 23.6 Å². The highest BCUT2D eigenvalue weighted by Crippen LogP contribution is 2.33. The first kappa shape index (κ1) is 17.8. The minimum atomic E-state index is -0.422. The van der Waals surface area contributed by atoms with Crippen LogP contribution in [-0.2, 0) is 9.53 Å². The number of nitrogens with one attached hydrogen (secondary N) is 1. The van der Waals surface area contributed by atoms with E-state index in [0.29, 0.717) is 24.5 Å². The first-order chi connectivity index (χ1) is 11.1. The van der Waals surface area contributed by atoms with Gasteiger partial charge in [-0.15, -0.1) is 11.8 Å². The van der Waals surface area contributed by atoms with Crippen LogP contribution in [0.4, 0.5) is 0 Å². The largest absolute Gasteiger partial charge is 0.383 e. The maximum absolute atomic E-state index is 13.0. The molecule has 0 bridgehead atoms. The van der Waals surface area contributed by atoms with Crippen LogP contribution in [0.15, 0.2) is 24.3 Å². The van der Waals surface area contributed by atoms with Crippen molar-refractivity contribution < 1.29 is 14.3 Å². The first-order valence-electron chi connectivity index (χ1n) is 7.86. The van der Waals surface area contributed by atoms with E-state index in [4.69, 9.17) is 4.74 Å². The minimum absolute atomic E-state index is 0.0419. The Labute approximate surface area is 141 Å². The number of hydrogen-bond donors (Lipinski definition) is 1. The predicted molar refractivity (Wildman–Crippen MR) is 92.6 cm³/mol. The molecule has 0 saturated carbocycles. The van der Waals surface area contributed by atoms with Crippen LogP contribution in [0.5, 0.6) is 0 Å². The molecule has 0 spiro atoms.